The van der Waals surface area contributed by atoms with E-state index in [4.69, 9.17) is 0 Å². The zero-order valence-corrected chi connectivity index (χ0v) is 14.5. The van der Waals surface area contributed by atoms with Gasteiger partial charge in [0, 0.05) is 55.6 Å². The second-order valence-electron chi connectivity index (χ2n) is 6.74. The molecule has 2 aliphatic rings. The number of piperidine rings is 2. The van der Waals surface area contributed by atoms with Crippen LogP contribution in [0.5, 0.6) is 0 Å². The molecule has 24 heavy (non-hydrogen) atoms. The van der Waals surface area contributed by atoms with Gasteiger partial charge in [-0.25, -0.2) is 4.98 Å². The molecule has 4 rings (SSSR count). The Bertz CT molecular complexity index is 600. The van der Waals surface area contributed by atoms with Crippen LogP contribution in [0.3, 0.4) is 0 Å². The summed E-state index contributed by atoms with van der Waals surface area (Å²) in [5.74, 6) is 0.812. The monoisotopic (exact) mass is 345 g/mol. The van der Waals surface area contributed by atoms with E-state index in [2.05, 4.69) is 25.0 Å². The van der Waals surface area contributed by atoms with Gasteiger partial charge in [0.05, 0.1) is 5.92 Å². The SMILES string of the molecule is O=C(C1CCCN(c2nccs2)C1)N1CCCC(c2ccn[nH]2)C1. The Morgan fingerprint density at radius 1 is 1.21 bits per heavy atom. The number of thiazole rings is 1. The Morgan fingerprint density at radius 3 is 2.92 bits per heavy atom. The third-order valence-electron chi connectivity index (χ3n) is 5.16. The smallest absolute Gasteiger partial charge is 0.227 e. The topological polar surface area (TPSA) is 65.1 Å². The Kier molecular flexibility index (Phi) is 4.51. The number of likely N-dealkylation sites (tertiary alicyclic amines) is 1. The number of amides is 1. The molecule has 1 amide bonds. The van der Waals surface area contributed by atoms with Crippen molar-refractivity contribution >= 4 is 22.4 Å². The van der Waals surface area contributed by atoms with E-state index in [0.29, 0.717) is 11.8 Å². The van der Waals surface area contributed by atoms with Crippen LogP contribution >= 0.6 is 11.3 Å². The number of hydrogen-bond donors (Lipinski definition) is 1. The van der Waals surface area contributed by atoms with E-state index in [1.807, 2.05) is 17.6 Å². The highest BCUT2D eigenvalue weighted by Crippen LogP contribution is 2.29. The van der Waals surface area contributed by atoms with Crippen LogP contribution in [0.15, 0.2) is 23.8 Å². The highest BCUT2D eigenvalue weighted by Gasteiger charge is 2.33. The zero-order chi connectivity index (χ0) is 16.4. The van der Waals surface area contributed by atoms with Crippen molar-refractivity contribution in [3.8, 4) is 0 Å². The number of nitrogens with one attached hydrogen (secondary N) is 1. The van der Waals surface area contributed by atoms with Crippen LogP contribution in [-0.4, -0.2) is 52.2 Å². The number of hydrogen-bond acceptors (Lipinski definition) is 5. The summed E-state index contributed by atoms with van der Waals surface area (Å²) in [5, 5.41) is 10.2. The van der Waals surface area contributed by atoms with Crippen LogP contribution < -0.4 is 4.90 Å². The van der Waals surface area contributed by atoms with Crippen LogP contribution in [0.1, 0.15) is 37.3 Å². The van der Waals surface area contributed by atoms with Crippen LogP contribution in [0.25, 0.3) is 0 Å². The molecule has 0 bridgehead atoms. The summed E-state index contributed by atoms with van der Waals surface area (Å²) in [6.07, 6.45) is 7.88. The number of aromatic amines is 1. The predicted molar refractivity (Wildman–Crippen MR) is 94.2 cm³/mol. The lowest BCUT2D eigenvalue weighted by molar-refractivity contribution is -0.137. The summed E-state index contributed by atoms with van der Waals surface area (Å²) in [7, 11) is 0. The molecule has 2 aliphatic heterocycles. The second-order valence-corrected chi connectivity index (χ2v) is 7.61. The molecule has 0 saturated carbocycles. The fraction of sp³-hybridized carbons (Fsp3) is 0.588. The maximum Gasteiger partial charge on any atom is 0.227 e. The summed E-state index contributed by atoms with van der Waals surface area (Å²) in [4.78, 5) is 21.8. The normalized spacial score (nSPS) is 25.0. The average molecular weight is 345 g/mol. The van der Waals surface area contributed by atoms with Gasteiger partial charge in [0.2, 0.25) is 5.91 Å². The van der Waals surface area contributed by atoms with Gasteiger partial charge in [-0.1, -0.05) is 0 Å². The zero-order valence-electron chi connectivity index (χ0n) is 13.7. The first-order chi connectivity index (χ1) is 11.8. The van der Waals surface area contributed by atoms with Gasteiger partial charge in [0.1, 0.15) is 0 Å². The Balaban J connectivity index is 1.41. The van der Waals surface area contributed by atoms with Gasteiger partial charge in [0.25, 0.3) is 0 Å². The van der Waals surface area contributed by atoms with Gasteiger partial charge in [-0.3, -0.25) is 9.89 Å². The van der Waals surface area contributed by atoms with Gasteiger partial charge in [-0.05, 0) is 31.7 Å². The molecule has 2 aromatic heterocycles. The van der Waals surface area contributed by atoms with Crippen molar-refractivity contribution in [3.05, 3.63) is 29.5 Å². The van der Waals surface area contributed by atoms with E-state index >= 15 is 0 Å². The number of H-pyrrole nitrogens is 1. The molecule has 0 aliphatic carbocycles. The van der Waals surface area contributed by atoms with E-state index in [1.54, 1.807) is 17.5 Å². The third kappa shape index (κ3) is 3.17. The lowest BCUT2D eigenvalue weighted by Gasteiger charge is -2.38. The molecule has 7 heteroatoms. The van der Waals surface area contributed by atoms with Gasteiger partial charge in [-0.2, -0.15) is 5.10 Å². The summed E-state index contributed by atoms with van der Waals surface area (Å²) in [6, 6.07) is 2.03. The average Bonchev–Trinajstić information content (AvgIpc) is 3.35. The first-order valence-corrected chi connectivity index (χ1v) is 9.62. The van der Waals surface area contributed by atoms with Crippen LogP contribution in [-0.2, 0) is 4.79 Å². The standard InChI is InChI=1S/C17H23N5OS/c23-16(14-4-2-9-22(12-14)17-18-7-10-24-17)21-8-1-3-13(11-21)15-5-6-19-20-15/h5-7,10,13-14H,1-4,8-9,11-12H2,(H,19,20). The Morgan fingerprint density at radius 2 is 2.12 bits per heavy atom. The van der Waals surface area contributed by atoms with E-state index in [0.717, 1.165) is 62.7 Å². The number of aromatic nitrogens is 3. The summed E-state index contributed by atoms with van der Waals surface area (Å²) < 4.78 is 0. The molecule has 6 nitrogen and oxygen atoms in total. The molecule has 2 saturated heterocycles. The van der Waals surface area contributed by atoms with Crippen molar-refractivity contribution < 1.29 is 4.79 Å². The molecule has 2 unspecified atom stereocenters. The molecular formula is C17H23N5OS. The lowest BCUT2D eigenvalue weighted by Crippen LogP contribution is -2.47. The molecule has 2 aromatic rings. The minimum absolute atomic E-state index is 0.100. The molecule has 128 valence electrons. The molecule has 2 atom stereocenters. The summed E-state index contributed by atoms with van der Waals surface area (Å²) >= 11 is 1.66. The van der Waals surface area contributed by atoms with Crippen molar-refractivity contribution in [1.82, 2.24) is 20.1 Å². The van der Waals surface area contributed by atoms with Gasteiger partial charge < -0.3 is 9.80 Å². The Hall–Kier alpha value is -1.89. The van der Waals surface area contributed by atoms with Crippen LogP contribution in [0.4, 0.5) is 5.13 Å². The molecule has 1 N–H and O–H groups in total. The van der Waals surface area contributed by atoms with E-state index in [-0.39, 0.29) is 5.92 Å². The number of carbonyl (C=O) groups excluding carboxylic acids is 1. The number of carbonyl (C=O) groups is 1. The molecule has 2 fully saturated rings. The second kappa shape index (κ2) is 6.93. The van der Waals surface area contributed by atoms with Gasteiger partial charge in [-0.15, -0.1) is 11.3 Å². The molecule has 4 heterocycles. The third-order valence-corrected chi connectivity index (χ3v) is 5.99. The molecular weight excluding hydrogens is 322 g/mol. The van der Waals surface area contributed by atoms with Crippen molar-refractivity contribution in [3.63, 3.8) is 0 Å². The van der Waals surface area contributed by atoms with Crippen molar-refractivity contribution in [2.75, 3.05) is 31.1 Å². The van der Waals surface area contributed by atoms with E-state index < -0.39 is 0 Å². The fourth-order valence-corrected chi connectivity index (χ4v) is 4.59. The number of anilines is 1. The number of nitrogens with zero attached hydrogens (tertiary/aromatic N) is 4. The highest BCUT2D eigenvalue weighted by molar-refractivity contribution is 7.13. The lowest BCUT2D eigenvalue weighted by atomic mass is 9.91. The highest BCUT2D eigenvalue weighted by atomic mass is 32.1. The summed E-state index contributed by atoms with van der Waals surface area (Å²) in [6.45, 7) is 3.51. The van der Waals surface area contributed by atoms with E-state index in [9.17, 15) is 4.79 Å². The quantitative estimate of drug-likeness (QED) is 0.928. The summed E-state index contributed by atoms with van der Waals surface area (Å²) in [5.41, 5.74) is 1.15. The fourth-order valence-electron chi connectivity index (χ4n) is 3.91. The maximum absolute atomic E-state index is 13.0. The predicted octanol–water partition coefficient (Wildman–Crippen LogP) is 2.49. The van der Waals surface area contributed by atoms with Crippen molar-refractivity contribution in [2.45, 2.75) is 31.6 Å². The Labute approximate surface area is 145 Å². The van der Waals surface area contributed by atoms with Gasteiger partial charge >= 0.3 is 0 Å². The molecule has 0 radical (unpaired) electrons. The van der Waals surface area contributed by atoms with Crippen molar-refractivity contribution in [2.24, 2.45) is 5.92 Å². The largest absolute Gasteiger partial charge is 0.347 e. The minimum atomic E-state index is 0.100. The molecule has 0 aromatic carbocycles. The first kappa shape index (κ1) is 15.6. The van der Waals surface area contributed by atoms with Crippen LogP contribution in [0, 0.1) is 5.92 Å². The minimum Gasteiger partial charge on any atom is -0.347 e. The molecule has 0 spiro atoms. The first-order valence-electron chi connectivity index (χ1n) is 8.74. The van der Waals surface area contributed by atoms with Gasteiger partial charge in [0.15, 0.2) is 5.13 Å². The number of rotatable bonds is 3. The maximum atomic E-state index is 13.0. The van der Waals surface area contributed by atoms with Crippen LogP contribution in [0.2, 0.25) is 0 Å². The van der Waals surface area contributed by atoms with Crippen molar-refractivity contribution in [1.29, 1.82) is 0 Å². The van der Waals surface area contributed by atoms with E-state index in [1.165, 1.54) is 0 Å².